The molecule has 190 valence electrons. The van der Waals surface area contributed by atoms with Gasteiger partial charge in [-0.05, 0) is 31.3 Å². The molecule has 36 heavy (non-hydrogen) atoms. The summed E-state index contributed by atoms with van der Waals surface area (Å²) in [6, 6.07) is 10.3. The van der Waals surface area contributed by atoms with Crippen molar-refractivity contribution >= 4 is 50.1 Å². The van der Waals surface area contributed by atoms with E-state index in [0.717, 1.165) is 22.7 Å². The van der Waals surface area contributed by atoms with E-state index in [0.29, 0.717) is 46.5 Å². The van der Waals surface area contributed by atoms with Crippen molar-refractivity contribution in [2.24, 2.45) is 0 Å². The Bertz CT molecular complexity index is 1230. The standard InChI is InChI=1S/C26H30N4O5S/c1-5-28(6-2)12-13-29(26-27-19-15-20(34-3)21(35-4)16-22(19)36-26)25(33)17-8-7-9-18(14-17)30-23(31)10-11-24(30)32/h7-9,14-16H,5-6,10-13H2,1-4H3. The number of methoxy groups -OCH3 is 2. The predicted molar refractivity (Wildman–Crippen MR) is 140 cm³/mol. The van der Waals surface area contributed by atoms with Gasteiger partial charge in [0.2, 0.25) is 11.8 Å². The molecule has 3 aromatic rings. The molecule has 0 saturated carbocycles. The second-order valence-corrected chi connectivity index (χ2v) is 9.34. The topological polar surface area (TPSA) is 92.3 Å². The van der Waals surface area contributed by atoms with Gasteiger partial charge in [0.25, 0.3) is 5.91 Å². The van der Waals surface area contributed by atoms with E-state index in [4.69, 9.17) is 14.5 Å². The summed E-state index contributed by atoms with van der Waals surface area (Å²) in [6.07, 6.45) is 0.372. The number of carbonyl (C=O) groups is 3. The third-order valence-electron chi connectivity index (χ3n) is 6.30. The van der Waals surface area contributed by atoms with E-state index in [-0.39, 0.29) is 30.6 Å². The monoisotopic (exact) mass is 510 g/mol. The number of hydrogen-bond donors (Lipinski definition) is 0. The van der Waals surface area contributed by atoms with E-state index >= 15 is 0 Å². The number of anilines is 2. The van der Waals surface area contributed by atoms with Gasteiger partial charge in [0, 0.05) is 43.6 Å². The zero-order valence-electron chi connectivity index (χ0n) is 20.9. The zero-order chi connectivity index (χ0) is 25.8. The number of fused-ring (bicyclic) bond motifs is 1. The quantitative estimate of drug-likeness (QED) is 0.381. The van der Waals surface area contributed by atoms with Crippen LogP contribution in [0.25, 0.3) is 10.2 Å². The molecule has 0 aliphatic carbocycles. The molecular formula is C26H30N4O5S. The molecule has 0 unspecified atom stereocenters. The number of nitrogens with zero attached hydrogens (tertiary/aromatic N) is 4. The lowest BCUT2D eigenvalue weighted by Crippen LogP contribution is -2.39. The first-order valence-electron chi connectivity index (χ1n) is 11.9. The fourth-order valence-electron chi connectivity index (χ4n) is 4.22. The Morgan fingerprint density at radius 2 is 1.67 bits per heavy atom. The van der Waals surface area contributed by atoms with Gasteiger partial charge in [0.15, 0.2) is 16.6 Å². The van der Waals surface area contributed by atoms with E-state index in [2.05, 4.69) is 18.7 Å². The molecule has 1 aliphatic rings. The summed E-state index contributed by atoms with van der Waals surface area (Å²) in [5, 5.41) is 0.552. The van der Waals surface area contributed by atoms with Crippen LogP contribution in [-0.4, -0.2) is 68.0 Å². The van der Waals surface area contributed by atoms with E-state index < -0.39 is 0 Å². The van der Waals surface area contributed by atoms with E-state index in [1.807, 2.05) is 6.07 Å². The Morgan fingerprint density at radius 3 is 2.31 bits per heavy atom. The highest BCUT2D eigenvalue weighted by Gasteiger charge is 2.31. The molecule has 1 fully saturated rings. The van der Waals surface area contributed by atoms with Gasteiger partial charge in [-0.25, -0.2) is 4.98 Å². The van der Waals surface area contributed by atoms with Crippen LogP contribution in [-0.2, 0) is 9.59 Å². The Balaban J connectivity index is 1.72. The van der Waals surface area contributed by atoms with Crippen molar-refractivity contribution in [3.63, 3.8) is 0 Å². The number of likely N-dealkylation sites (N-methyl/N-ethyl adjacent to an activating group) is 1. The number of ether oxygens (including phenoxy) is 2. The number of aromatic nitrogens is 1. The number of imide groups is 1. The van der Waals surface area contributed by atoms with E-state index in [1.54, 1.807) is 49.5 Å². The number of amides is 3. The van der Waals surface area contributed by atoms with Crippen LogP contribution in [0.5, 0.6) is 11.5 Å². The van der Waals surface area contributed by atoms with Crippen molar-refractivity contribution in [1.29, 1.82) is 0 Å². The summed E-state index contributed by atoms with van der Waals surface area (Å²) in [5.74, 6) is 0.402. The maximum Gasteiger partial charge on any atom is 0.260 e. The van der Waals surface area contributed by atoms with Gasteiger partial charge in [0.05, 0.1) is 30.1 Å². The molecule has 0 spiro atoms. The van der Waals surface area contributed by atoms with Gasteiger partial charge in [-0.15, -0.1) is 0 Å². The van der Waals surface area contributed by atoms with E-state index in [9.17, 15) is 14.4 Å². The van der Waals surface area contributed by atoms with Gasteiger partial charge in [0.1, 0.15) is 0 Å². The lowest BCUT2D eigenvalue weighted by atomic mass is 10.1. The molecule has 4 rings (SSSR count). The second kappa shape index (κ2) is 11.0. The predicted octanol–water partition coefficient (Wildman–Crippen LogP) is 3.96. The highest BCUT2D eigenvalue weighted by Crippen LogP contribution is 2.37. The Labute approximate surface area is 214 Å². The number of benzene rings is 2. The van der Waals surface area contributed by atoms with Crippen molar-refractivity contribution in [1.82, 2.24) is 9.88 Å². The smallest absolute Gasteiger partial charge is 0.260 e. The van der Waals surface area contributed by atoms with Gasteiger partial charge in [-0.3, -0.25) is 24.2 Å². The Morgan fingerprint density at radius 1 is 1.00 bits per heavy atom. The van der Waals surface area contributed by atoms with Crippen LogP contribution >= 0.6 is 11.3 Å². The van der Waals surface area contributed by atoms with Gasteiger partial charge >= 0.3 is 0 Å². The van der Waals surface area contributed by atoms with Gasteiger partial charge in [-0.1, -0.05) is 31.3 Å². The zero-order valence-corrected chi connectivity index (χ0v) is 21.8. The summed E-state index contributed by atoms with van der Waals surface area (Å²) in [7, 11) is 3.15. The first-order chi connectivity index (χ1) is 17.4. The van der Waals surface area contributed by atoms with Crippen molar-refractivity contribution in [3.8, 4) is 11.5 Å². The van der Waals surface area contributed by atoms with Gasteiger partial charge < -0.3 is 14.4 Å². The maximum atomic E-state index is 13.8. The number of hydrogen-bond acceptors (Lipinski definition) is 8. The normalized spacial score (nSPS) is 13.6. The van der Waals surface area contributed by atoms with Crippen LogP contribution in [0.2, 0.25) is 0 Å². The summed E-state index contributed by atoms with van der Waals surface area (Å²) >= 11 is 1.40. The second-order valence-electron chi connectivity index (χ2n) is 8.33. The number of carbonyl (C=O) groups excluding carboxylic acids is 3. The molecule has 0 bridgehead atoms. The van der Waals surface area contributed by atoms with Crippen LogP contribution < -0.4 is 19.3 Å². The minimum absolute atomic E-state index is 0.186. The third kappa shape index (κ3) is 5.05. The fraction of sp³-hybridized carbons (Fsp3) is 0.385. The molecule has 0 atom stereocenters. The van der Waals surface area contributed by atoms with E-state index in [1.165, 1.54) is 11.3 Å². The molecule has 2 aromatic carbocycles. The first-order valence-corrected chi connectivity index (χ1v) is 12.7. The summed E-state index contributed by atoms with van der Waals surface area (Å²) in [6.45, 7) is 6.99. The maximum absolute atomic E-state index is 13.8. The summed E-state index contributed by atoms with van der Waals surface area (Å²) in [5.41, 5.74) is 1.50. The summed E-state index contributed by atoms with van der Waals surface area (Å²) < 4.78 is 11.7. The minimum Gasteiger partial charge on any atom is -0.493 e. The van der Waals surface area contributed by atoms with Crippen molar-refractivity contribution in [2.45, 2.75) is 26.7 Å². The molecular weight excluding hydrogens is 480 g/mol. The minimum atomic E-state index is -0.253. The highest BCUT2D eigenvalue weighted by atomic mass is 32.1. The number of thiazole rings is 1. The lowest BCUT2D eigenvalue weighted by molar-refractivity contribution is -0.121. The average molecular weight is 511 g/mol. The lowest BCUT2D eigenvalue weighted by Gasteiger charge is -2.25. The number of rotatable bonds is 10. The van der Waals surface area contributed by atoms with Crippen LogP contribution in [0.15, 0.2) is 36.4 Å². The van der Waals surface area contributed by atoms with Crippen LogP contribution in [0.4, 0.5) is 10.8 Å². The van der Waals surface area contributed by atoms with Crippen LogP contribution in [0.3, 0.4) is 0 Å². The molecule has 0 N–H and O–H groups in total. The van der Waals surface area contributed by atoms with Crippen molar-refractivity contribution < 1.29 is 23.9 Å². The fourth-order valence-corrected chi connectivity index (χ4v) is 5.22. The largest absolute Gasteiger partial charge is 0.493 e. The molecule has 0 radical (unpaired) electrons. The van der Waals surface area contributed by atoms with Crippen LogP contribution in [0, 0.1) is 0 Å². The molecule has 3 amide bonds. The van der Waals surface area contributed by atoms with Crippen LogP contribution in [0.1, 0.15) is 37.0 Å². The molecule has 1 aliphatic heterocycles. The summed E-state index contributed by atoms with van der Waals surface area (Å²) in [4.78, 5) is 48.1. The molecule has 1 saturated heterocycles. The molecule has 1 aromatic heterocycles. The van der Waals surface area contributed by atoms with Crippen molar-refractivity contribution in [3.05, 3.63) is 42.0 Å². The SMILES string of the molecule is CCN(CC)CCN(C(=O)c1cccc(N2C(=O)CCC2=O)c1)c1nc2cc(OC)c(OC)cc2s1. The highest BCUT2D eigenvalue weighted by molar-refractivity contribution is 7.22. The average Bonchev–Trinajstić information content (AvgIpc) is 3.46. The van der Waals surface area contributed by atoms with Crippen molar-refractivity contribution in [2.75, 3.05) is 50.2 Å². The Hall–Kier alpha value is -3.50. The Kier molecular flexibility index (Phi) is 7.85. The van der Waals surface area contributed by atoms with Gasteiger partial charge in [-0.2, -0.15) is 0 Å². The molecule has 9 nitrogen and oxygen atoms in total. The first kappa shape index (κ1) is 25.6. The molecule has 10 heteroatoms. The molecule has 2 heterocycles. The third-order valence-corrected chi connectivity index (χ3v) is 7.34.